The molecule has 3 aromatic carbocycles. The highest BCUT2D eigenvalue weighted by Gasteiger charge is 2.67. The first-order valence-corrected chi connectivity index (χ1v) is 11.4. The Morgan fingerprint density at radius 2 is 1.59 bits per heavy atom. The molecule has 4 rings (SSSR count). The van der Waals surface area contributed by atoms with Gasteiger partial charge in [-0.05, 0) is 47.5 Å². The Hall–Kier alpha value is -2.25. The highest BCUT2D eigenvalue weighted by molar-refractivity contribution is 6.53. The molecule has 1 aliphatic carbocycles. The van der Waals surface area contributed by atoms with Gasteiger partial charge in [-0.2, -0.15) is 0 Å². The van der Waals surface area contributed by atoms with Crippen molar-refractivity contribution in [1.29, 1.82) is 0 Å². The van der Waals surface area contributed by atoms with Gasteiger partial charge in [0.05, 0.1) is 27.2 Å². The van der Waals surface area contributed by atoms with Crippen LogP contribution in [0.3, 0.4) is 0 Å². The van der Waals surface area contributed by atoms with E-state index in [0.717, 1.165) is 6.07 Å². The van der Waals surface area contributed by atoms with Gasteiger partial charge in [-0.1, -0.05) is 41.4 Å². The Bertz CT molecular complexity index is 1300. The van der Waals surface area contributed by atoms with Crippen LogP contribution < -0.4 is 5.32 Å². The molecule has 176 valence electrons. The number of rotatable bonds is 6. The molecule has 2 atom stereocenters. The SMILES string of the molecule is O=C(Cc1ccc(F)cc1)c1c(Cl)ccc(NC(=O)[C@H]2[C@H](c3ccc(F)c(Cl)c3)C2(Cl)Cl)c1F. The van der Waals surface area contributed by atoms with Crippen LogP contribution in [0.1, 0.15) is 27.4 Å². The molecule has 0 radical (unpaired) electrons. The number of ketones is 1. The Morgan fingerprint density at radius 1 is 0.912 bits per heavy atom. The molecule has 0 unspecified atom stereocenters. The molecular weight excluding hydrogens is 533 g/mol. The molecule has 3 nitrogen and oxygen atoms in total. The van der Waals surface area contributed by atoms with Crippen LogP contribution in [-0.4, -0.2) is 16.0 Å². The van der Waals surface area contributed by atoms with Gasteiger partial charge in [0.2, 0.25) is 5.91 Å². The summed E-state index contributed by atoms with van der Waals surface area (Å²) in [5, 5.41) is 2.10. The summed E-state index contributed by atoms with van der Waals surface area (Å²) in [6.07, 6.45) is -0.225. The molecule has 1 N–H and O–H groups in total. The smallest absolute Gasteiger partial charge is 0.231 e. The molecule has 0 bridgehead atoms. The van der Waals surface area contributed by atoms with Gasteiger partial charge in [0.25, 0.3) is 0 Å². The van der Waals surface area contributed by atoms with E-state index in [2.05, 4.69) is 5.32 Å². The number of amides is 1. The standard InChI is InChI=1S/C24H14Cl4F3NO2/c25-14-6-8-17(22(31)19(14)18(33)9-11-1-4-13(29)5-2-11)32-23(34)21-20(24(21,27)28)12-3-7-16(30)15(26)10-12/h1-8,10,20-21H,9H2,(H,32,34)/t20-,21+/m0/s1. The third-order valence-corrected chi connectivity index (χ3v) is 7.09. The van der Waals surface area contributed by atoms with Crippen molar-refractivity contribution in [2.24, 2.45) is 5.92 Å². The largest absolute Gasteiger partial charge is 0.323 e. The third kappa shape index (κ3) is 4.78. The predicted molar refractivity (Wildman–Crippen MR) is 127 cm³/mol. The first-order chi connectivity index (χ1) is 16.0. The minimum atomic E-state index is -1.52. The Labute approximate surface area is 212 Å². The van der Waals surface area contributed by atoms with E-state index < -0.39 is 50.9 Å². The minimum absolute atomic E-state index is 0.142. The molecule has 0 spiro atoms. The van der Waals surface area contributed by atoms with Crippen LogP contribution in [0.2, 0.25) is 10.0 Å². The number of halogens is 7. The first-order valence-electron chi connectivity index (χ1n) is 9.90. The lowest BCUT2D eigenvalue weighted by molar-refractivity contribution is -0.117. The maximum absolute atomic E-state index is 15.2. The lowest BCUT2D eigenvalue weighted by atomic mass is 10.0. The van der Waals surface area contributed by atoms with E-state index in [1.54, 1.807) is 0 Å². The summed E-state index contributed by atoms with van der Waals surface area (Å²) < 4.78 is 40.3. The van der Waals surface area contributed by atoms with Crippen LogP contribution in [0, 0.1) is 23.4 Å². The topological polar surface area (TPSA) is 46.2 Å². The minimum Gasteiger partial charge on any atom is -0.323 e. The van der Waals surface area contributed by atoms with Gasteiger partial charge in [-0.25, -0.2) is 13.2 Å². The molecular formula is C24H14Cl4F3NO2. The number of nitrogens with one attached hydrogen (secondary N) is 1. The number of hydrogen-bond acceptors (Lipinski definition) is 2. The molecule has 0 aromatic heterocycles. The molecule has 1 fully saturated rings. The van der Waals surface area contributed by atoms with Crippen molar-refractivity contribution in [2.45, 2.75) is 16.7 Å². The van der Waals surface area contributed by atoms with E-state index in [-0.39, 0.29) is 22.2 Å². The van der Waals surface area contributed by atoms with Gasteiger partial charge >= 0.3 is 0 Å². The second-order valence-corrected chi connectivity index (χ2v) is 10.1. The van der Waals surface area contributed by atoms with E-state index in [1.165, 1.54) is 48.5 Å². The van der Waals surface area contributed by atoms with Crippen LogP contribution >= 0.6 is 46.4 Å². The van der Waals surface area contributed by atoms with Crippen molar-refractivity contribution in [3.8, 4) is 0 Å². The Morgan fingerprint density at radius 3 is 2.24 bits per heavy atom. The van der Waals surface area contributed by atoms with Crippen molar-refractivity contribution in [1.82, 2.24) is 0 Å². The third-order valence-electron chi connectivity index (χ3n) is 5.54. The van der Waals surface area contributed by atoms with Gasteiger partial charge in [-0.3, -0.25) is 9.59 Å². The number of alkyl halides is 2. The van der Waals surface area contributed by atoms with Crippen LogP contribution in [0.4, 0.5) is 18.9 Å². The quantitative estimate of drug-likeness (QED) is 0.259. The molecule has 1 amide bonds. The van der Waals surface area contributed by atoms with E-state index in [9.17, 15) is 18.4 Å². The van der Waals surface area contributed by atoms with Crippen molar-refractivity contribution in [2.75, 3.05) is 5.32 Å². The van der Waals surface area contributed by atoms with Crippen molar-refractivity contribution < 1.29 is 22.8 Å². The Balaban J connectivity index is 1.55. The fraction of sp³-hybridized carbons (Fsp3) is 0.167. The molecule has 34 heavy (non-hydrogen) atoms. The van der Waals surface area contributed by atoms with Gasteiger partial charge in [0.15, 0.2) is 11.6 Å². The number of Topliss-reactive ketones (excluding diaryl/α,β-unsaturated/α-hetero) is 1. The average molecular weight is 547 g/mol. The molecule has 0 heterocycles. The molecule has 0 aliphatic heterocycles. The summed E-state index contributed by atoms with van der Waals surface area (Å²) in [7, 11) is 0. The lowest BCUT2D eigenvalue weighted by Crippen LogP contribution is -2.19. The summed E-state index contributed by atoms with van der Waals surface area (Å²) in [6, 6.07) is 11.5. The van der Waals surface area contributed by atoms with Crippen LogP contribution in [0.5, 0.6) is 0 Å². The summed E-state index contributed by atoms with van der Waals surface area (Å²) >= 11 is 24.4. The van der Waals surface area contributed by atoms with Crippen LogP contribution in [0.25, 0.3) is 0 Å². The van der Waals surface area contributed by atoms with Gasteiger partial charge < -0.3 is 5.32 Å². The van der Waals surface area contributed by atoms with E-state index in [1.807, 2.05) is 0 Å². The molecule has 0 saturated heterocycles. The monoisotopic (exact) mass is 545 g/mol. The van der Waals surface area contributed by atoms with Gasteiger partial charge in [0.1, 0.15) is 16.0 Å². The Kier molecular flexibility index (Phi) is 6.89. The fourth-order valence-electron chi connectivity index (χ4n) is 3.76. The fourth-order valence-corrected chi connectivity index (χ4v) is 5.03. The average Bonchev–Trinajstić information content (AvgIpc) is 3.36. The first kappa shape index (κ1) is 24.9. The van der Waals surface area contributed by atoms with Crippen LogP contribution in [-0.2, 0) is 11.2 Å². The zero-order valence-electron chi connectivity index (χ0n) is 17.0. The number of hydrogen-bond donors (Lipinski definition) is 1. The summed E-state index contributed by atoms with van der Waals surface area (Å²) in [4.78, 5) is 25.6. The van der Waals surface area contributed by atoms with Crippen molar-refractivity contribution >= 4 is 63.8 Å². The molecule has 10 heteroatoms. The zero-order valence-corrected chi connectivity index (χ0v) is 20.0. The second kappa shape index (κ2) is 9.42. The maximum atomic E-state index is 15.2. The highest BCUT2D eigenvalue weighted by atomic mass is 35.5. The van der Waals surface area contributed by atoms with Gasteiger partial charge in [-0.15, -0.1) is 23.2 Å². The van der Waals surface area contributed by atoms with E-state index in [0.29, 0.717) is 11.1 Å². The van der Waals surface area contributed by atoms with Gasteiger partial charge in [0, 0.05) is 12.3 Å². The maximum Gasteiger partial charge on any atom is 0.231 e. The number of benzene rings is 3. The van der Waals surface area contributed by atoms with E-state index >= 15 is 4.39 Å². The summed E-state index contributed by atoms with van der Waals surface area (Å²) in [6.45, 7) is 0. The van der Waals surface area contributed by atoms with Crippen LogP contribution in [0.15, 0.2) is 54.6 Å². The second-order valence-electron chi connectivity index (χ2n) is 7.80. The number of anilines is 1. The van der Waals surface area contributed by atoms with Crippen molar-refractivity contribution in [3.63, 3.8) is 0 Å². The molecule has 3 aromatic rings. The lowest BCUT2D eigenvalue weighted by Gasteiger charge is -2.11. The highest BCUT2D eigenvalue weighted by Crippen LogP contribution is 2.65. The van der Waals surface area contributed by atoms with Crippen molar-refractivity contribution in [3.05, 3.63) is 98.8 Å². The summed E-state index contributed by atoms with van der Waals surface area (Å²) in [5.41, 5.74) is 0.209. The summed E-state index contributed by atoms with van der Waals surface area (Å²) in [5.74, 6) is -5.17. The predicted octanol–water partition coefficient (Wildman–Crippen LogP) is 7.36. The number of carbonyl (C=O) groups excluding carboxylic acids is 2. The molecule has 1 saturated carbocycles. The molecule has 1 aliphatic rings. The number of carbonyl (C=O) groups is 2. The zero-order chi connectivity index (χ0) is 24.8. The van der Waals surface area contributed by atoms with E-state index in [4.69, 9.17) is 46.4 Å². The normalized spacial score (nSPS) is 18.4.